The highest BCUT2D eigenvalue weighted by atomic mass is 35.5. The fourth-order valence-electron chi connectivity index (χ4n) is 2.64. The second-order valence-electron chi connectivity index (χ2n) is 6.74. The molecule has 0 aromatic carbocycles. The summed E-state index contributed by atoms with van der Waals surface area (Å²) in [6, 6.07) is 4.39. The summed E-state index contributed by atoms with van der Waals surface area (Å²) in [6.45, 7) is 9.77. The van der Waals surface area contributed by atoms with Crippen LogP contribution >= 0.6 is 12.4 Å². The highest BCUT2D eigenvalue weighted by molar-refractivity contribution is 5.85. The highest BCUT2D eigenvalue weighted by Crippen LogP contribution is 2.24. The lowest BCUT2D eigenvalue weighted by atomic mass is 9.97. The fraction of sp³-hybridized carbons (Fsp3) is 0.562. The third-order valence-electron chi connectivity index (χ3n) is 3.88. The van der Waals surface area contributed by atoms with Gasteiger partial charge in [0.15, 0.2) is 5.82 Å². The van der Waals surface area contributed by atoms with Crippen LogP contribution in [-0.2, 0) is 12.0 Å². The van der Waals surface area contributed by atoms with E-state index in [1.165, 1.54) is 5.56 Å². The SMILES string of the molecule is CC(C)(C)c1nc(CN2CCNCC2c2cccnc2)no1.Cl. The van der Waals surface area contributed by atoms with Crippen molar-refractivity contribution in [1.82, 2.24) is 25.3 Å². The molecule has 0 spiro atoms. The normalized spacial score (nSPS) is 19.3. The number of pyridine rings is 1. The van der Waals surface area contributed by atoms with Crippen molar-refractivity contribution in [1.29, 1.82) is 0 Å². The maximum Gasteiger partial charge on any atom is 0.232 e. The number of hydrogen-bond donors (Lipinski definition) is 1. The molecule has 126 valence electrons. The fourth-order valence-corrected chi connectivity index (χ4v) is 2.64. The van der Waals surface area contributed by atoms with Crippen LogP contribution < -0.4 is 5.32 Å². The molecule has 1 aliphatic heterocycles. The minimum atomic E-state index is -0.114. The van der Waals surface area contributed by atoms with Gasteiger partial charge in [0.25, 0.3) is 0 Å². The quantitative estimate of drug-likeness (QED) is 0.927. The Balaban J connectivity index is 0.00000192. The summed E-state index contributed by atoms with van der Waals surface area (Å²) in [5, 5.41) is 7.59. The van der Waals surface area contributed by atoms with Crippen molar-refractivity contribution in [2.24, 2.45) is 0 Å². The number of nitrogens with zero attached hydrogens (tertiary/aromatic N) is 4. The molecule has 2 aromatic heterocycles. The smallest absolute Gasteiger partial charge is 0.232 e. The summed E-state index contributed by atoms with van der Waals surface area (Å²) in [6.07, 6.45) is 3.74. The second kappa shape index (κ2) is 7.38. The molecule has 0 bridgehead atoms. The molecule has 7 heteroatoms. The molecule has 0 aliphatic carbocycles. The minimum absolute atomic E-state index is 0. The molecule has 1 unspecified atom stereocenters. The zero-order chi connectivity index (χ0) is 15.6. The van der Waals surface area contributed by atoms with E-state index in [-0.39, 0.29) is 17.8 Å². The molecule has 0 radical (unpaired) electrons. The number of rotatable bonds is 3. The number of halogens is 1. The topological polar surface area (TPSA) is 67.1 Å². The van der Waals surface area contributed by atoms with E-state index in [9.17, 15) is 0 Å². The Kier molecular flexibility index (Phi) is 5.73. The molecule has 1 aliphatic rings. The number of piperazine rings is 1. The Labute approximate surface area is 143 Å². The van der Waals surface area contributed by atoms with E-state index < -0.39 is 0 Å². The molecule has 3 heterocycles. The average Bonchev–Trinajstić information content (AvgIpc) is 2.97. The first kappa shape index (κ1) is 17.8. The third-order valence-corrected chi connectivity index (χ3v) is 3.88. The Morgan fingerprint density at radius 2 is 2.22 bits per heavy atom. The average molecular weight is 338 g/mol. The summed E-state index contributed by atoms with van der Waals surface area (Å²) in [4.78, 5) is 11.2. The molecule has 0 saturated carbocycles. The van der Waals surface area contributed by atoms with Gasteiger partial charge in [0.2, 0.25) is 5.89 Å². The zero-order valence-corrected chi connectivity index (χ0v) is 14.6. The van der Waals surface area contributed by atoms with Crippen LogP contribution in [-0.4, -0.2) is 39.7 Å². The van der Waals surface area contributed by atoms with E-state index in [0.717, 1.165) is 25.5 Å². The largest absolute Gasteiger partial charge is 0.339 e. The minimum Gasteiger partial charge on any atom is -0.339 e. The second-order valence-corrected chi connectivity index (χ2v) is 6.74. The van der Waals surface area contributed by atoms with Gasteiger partial charge in [0.1, 0.15) is 0 Å². The van der Waals surface area contributed by atoms with E-state index in [4.69, 9.17) is 4.52 Å². The molecule has 3 rings (SSSR count). The first-order chi connectivity index (χ1) is 10.5. The summed E-state index contributed by atoms with van der Waals surface area (Å²) in [7, 11) is 0. The monoisotopic (exact) mass is 337 g/mol. The van der Waals surface area contributed by atoms with Gasteiger partial charge in [-0.1, -0.05) is 32.0 Å². The van der Waals surface area contributed by atoms with Crippen molar-refractivity contribution in [2.45, 2.75) is 38.8 Å². The number of aromatic nitrogens is 3. The zero-order valence-electron chi connectivity index (χ0n) is 13.8. The van der Waals surface area contributed by atoms with Crippen molar-refractivity contribution in [2.75, 3.05) is 19.6 Å². The van der Waals surface area contributed by atoms with Gasteiger partial charge in [-0.3, -0.25) is 9.88 Å². The van der Waals surface area contributed by atoms with Crippen molar-refractivity contribution < 1.29 is 4.52 Å². The van der Waals surface area contributed by atoms with E-state index in [2.05, 4.69) is 52.2 Å². The Morgan fingerprint density at radius 1 is 1.39 bits per heavy atom. The lowest BCUT2D eigenvalue weighted by Crippen LogP contribution is -2.45. The molecule has 0 amide bonds. The van der Waals surface area contributed by atoms with Crippen molar-refractivity contribution in [3.05, 3.63) is 41.8 Å². The number of hydrogen-bond acceptors (Lipinski definition) is 6. The highest BCUT2D eigenvalue weighted by Gasteiger charge is 2.27. The van der Waals surface area contributed by atoms with Crippen molar-refractivity contribution in [3.8, 4) is 0 Å². The van der Waals surface area contributed by atoms with E-state index in [0.29, 0.717) is 18.5 Å². The predicted molar refractivity (Wildman–Crippen MR) is 90.5 cm³/mol. The van der Waals surface area contributed by atoms with Crippen LogP contribution in [0.2, 0.25) is 0 Å². The lowest BCUT2D eigenvalue weighted by Gasteiger charge is -2.35. The van der Waals surface area contributed by atoms with Crippen LogP contribution in [0.15, 0.2) is 29.0 Å². The molecular formula is C16H24ClN5O. The van der Waals surface area contributed by atoms with Gasteiger partial charge in [-0.05, 0) is 11.6 Å². The van der Waals surface area contributed by atoms with Gasteiger partial charge >= 0.3 is 0 Å². The van der Waals surface area contributed by atoms with Crippen LogP contribution in [0.3, 0.4) is 0 Å². The summed E-state index contributed by atoms with van der Waals surface area (Å²) in [5.74, 6) is 1.44. The summed E-state index contributed by atoms with van der Waals surface area (Å²) in [5.41, 5.74) is 1.10. The van der Waals surface area contributed by atoms with Crippen molar-refractivity contribution >= 4 is 12.4 Å². The Bertz CT molecular complexity index is 610. The Hall–Kier alpha value is -1.50. The third kappa shape index (κ3) is 4.28. The van der Waals surface area contributed by atoms with Crippen LogP contribution in [0.4, 0.5) is 0 Å². The lowest BCUT2D eigenvalue weighted by molar-refractivity contribution is 0.148. The molecule has 1 fully saturated rings. The van der Waals surface area contributed by atoms with E-state index in [1.807, 2.05) is 12.3 Å². The van der Waals surface area contributed by atoms with E-state index in [1.54, 1.807) is 6.20 Å². The standard InChI is InChI=1S/C16H23N5O.ClH/c1-16(2,3)15-19-14(20-22-15)11-21-8-7-18-10-13(21)12-5-4-6-17-9-12;/h4-6,9,13,18H,7-8,10-11H2,1-3H3;1H. The molecule has 23 heavy (non-hydrogen) atoms. The van der Waals surface area contributed by atoms with Gasteiger partial charge in [-0.15, -0.1) is 12.4 Å². The summed E-state index contributed by atoms with van der Waals surface area (Å²) < 4.78 is 5.40. The van der Waals surface area contributed by atoms with Crippen molar-refractivity contribution in [3.63, 3.8) is 0 Å². The van der Waals surface area contributed by atoms with Gasteiger partial charge in [-0.25, -0.2) is 0 Å². The molecule has 1 saturated heterocycles. The number of nitrogens with one attached hydrogen (secondary N) is 1. The van der Waals surface area contributed by atoms with Crippen LogP contribution in [0.25, 0.3) is 0 Å². The molecular weight excluding hydrogens is 314 g/mol. The maximum absolute atomic E-state index is 5.40. The van der Waals surface area contributed by atoms with Gasteiger partial charge in [0, 0.05) is 43.5 Å². The van der Waals surface area contributed by atoms with Gasteiger partial charge in [0.05, 0.1) is 6.54 Å². The molecule has 1 N–H and O–H groups in total. The molecule has 1 atom stereocenters. The molecule has 2 aromatic rings. The van der Waals surface area contributed by atoms with E-state index >= 15 is 0 Å². The Morgan fingerprint density at radius 3 is 2.87 bits per heavy atom. The summed E-state index contributed by atoms with van der Waals surface area (Å²) >= 11 is 0. The van der Waals surface area contributed by atoms with Gasteiger partial charge < -0.3 is 9.84 Å². The predicted octanol–water partition coefficient (Wildman–Crippen LogP) is 2.33. The maximum atomic E-state index is 5.40. The molecule has 6 nitrogen and oxygen atoms in total. The van der Waals surface area contributed by atoms with Crippen LogP contribution in [0, 0.1) is 0 Å². The first-order valence-corrected chi connectivity index (χ1v) is 7.72. The van der Waals surface area contributed by atoms with Crippen LogP contribution in [0.5, 0.6) is 0 Å². The van der Waals surface area contributed by atoms with Gasteiger partial charge in [-0.2, -0.15) is 4.98 Å². The van der Waals surface area contributed by atoms with Crippen LogP contribution in [0.1, 0.15) is 44.1 Å². The first-order valence-electron chi connectivity index (χ1n) is 7.72.